The van der Waals surface area contributed by atoms with Gasteiger partial charge in [0, 0.05) is 11.6 Å². The highest BCUT2D eigenvalue weighted by atomic mass is 16.5. The fourth-order valence-electron chi connectivity index (χ4n) is 3.09. The van der Waals surface area contributed by atoms with Gasteiger partial charge in [-0.1, -0.05) is 26.0 Å². The van der Waals surface area contributed by atoms with E-state index in [1.165, 1.54) is 6.08 Å². The number of hydrogen-bond donors (Lipinski definition) is 1. The summed E-state index contributed by atoms with van der Waals surface area (Å²) in [6, 6.07) is 12.7. The average Bonchev–Trinajstić information content (AvgIpc) is 3.15. The van der Waals surface area contributed by atoms with Crippen molar-refractivity contribution in [3.63, 3.8) is 0 Å². The van der Waals surface area contributed by atoms with E-state index in [4.69, 9.17) is 13.9 Å². The van der Waals surface area contributed by atoms with Crippen LogP contribution in [0.1, 0.15) is 37.8 Å². The number of fused-ring (bicyclic) bond motifs is 1. The molecule has 0 fully saturated rings. The van der Waals surface area contributed by atoms with Crippen LogP contribution in [0.25, 0.3) is 17.2 Å². The van der Waals surface area contributed by atoms with Crippen molar-refractivity contribution in [2.24, 2.45) is 5.92 Å². The number of rotatable bonds is 8. The van der Waals surface area contributed by atoms with Gasteiger partial charge in [0.05, 0.1) is 14.2 Å². The molecule has 152 valence electrons. The molecule has 29 heavy (non-hydrogen) atoms. The highest BCUT2D eigenvalue weighted by molar-refractivity contribution is 5.92. The summed E-state index contributed by atoms with van der Waals surface area (Å²) >= 11 is 0. The summed E-state index contributed by atoms with van der Waals surface area (Å²) in [6.45, 7) is 4.19. The van der Waals surface area contributed by atoms with Crippen LogP contribution in [0.4, 0.5) is 0 Å². The van der Waals surface area contributed by atoms with Crippen molar-refractivity contribution in [2.75, 3.05) is 14.2 Å². The van der Waals surface area contributed by atoms with E-state index in [0.717, 1.165) is 17.5 Å². The molecule has 0 saturated heterocycles. The lowest BCUT2D eigenvalue weighted by molar-refractivity contribution is -0.117. The number of carbonyl (C=O) groups is 1. The zero-order valence-corrected chi connectivity index (χ0v) is 17.1. The Morgan fingerprint density at radius 1 is 1.17 bits per heavy atom. The first kappa shape index (κ1) is 20.5. The molecule has 3 rings (SSSR count). The van der Waals surface area contributed by atoms with E-state index in [1.807, 2.05) is 36.4 Å². The molecule has 1 heterocycles. The van der Waals surface area contributed by atoms with Gasteiger partial charge in [0.15, 0.2) is 5.58 Å². The summed E-state index contributed by atoms with van der Waals surface area (Å²) in [6.07, 6.45) is 3.90. The van der Waals surface area contributed by atoms with E-state index >= 15 is 0 Å². The maximum atomic E-state index is 12.6. The monoisotopic (exact) mass is 394 g/mol. The number of hydrogen-bond acceptors (Lipinski definition) is 5. The van der Waals surface area contributed by atoms with E-state index in [0.29, 0.717) is 28.9 Å². The number of methoxy groups -OCH3 is 2. The third kappa shape index (κ3) is 5.16. The van der Waals surface area contributed by atoms with Gasteiger partial charge in [0.1, 0.15) is 23.1 Å². The van der Waals surface area contributed by atoms with Gasteiger partial charge in [-0.25, -0.2) is 4.98 Å². The number of oxazole rings is 1. The van der Waals surface area contributed by atoms with Crippen LogP contribution in [0.15, 0.2) is 53.0 Å². The Kier molecular flexibility index (Phi) is 6.54. The quantitative estimate of drug-likeness (QED) is 0.558. The fourth-order valence-corrected chi connectivity index (χ4v) is 3.09. The molecule has 0 unspecified atom stereocenters. The highest BCUT2D eigenvalue weighted by Crippen LogP contribution is 2.26. The van der Waals surface area contributed by atoms with Crippen LogP contribution in [0, 0.1) is 5.92 Å². The Balaban J connectivity index is 1.79. The van der Waals surface area contributed by atoms with E-state index < -0.39 is 0 Å². The normalized spacial score (nSPS) is 12.4. The first-order valence-corrected chi connectivity index (χ1v) is 9.56. The lowest BCUT2D eigenvalue weighted by Gasteiger charge is -2.16. The molecule has 1 atom stereocenters. The van der Waals surface area contributed by atoms with Gasteiger partial charge in [0.2, 0.25) is 11.8 Å². The molecule has 3 aromatic rings. The SMILES string of the molecule is COc1ccc(OC)c(/C=C/C(=O)N[C@H](CC(C)C)c2nc3ccccc3o2)c1. The number of amides is 1. The second-order valence-corrected chi connectivity index (χ2v) is 7.15. The zero-order valence-electron chi connectivity index (χ0n) is 17.1. The minimum absolute atomic E-state index is 0.234. The van der Waals surface area contributed by atoms with Gasteiger partial charge in [-0.05, 0) is 48.7 Å². The molecule has 2 aromatic carbocycles. The summed E-state index contributed by atoms with van der Waals surface area (Å²) in [5, 5.41) is 3.01. The van der Waals surface area contributed by atoms with Crippen molar-refractivity contribution in [3.8, 4) is 11.5 Å². The number of aromatic nitrogens is 1. The third-order valence-electron chi connectivity index (χ3n) is 4.48. The van der Waals surface area contributed by atoms with Crippen LogP contribution in [0.2, 0.25) is 0 Å². The second kappa shape index (κ2) is 9.28. The van der Waals surface area contributed by atoms with Crippen molar-refractivity contribution in [1.82, 2.24) is 10.3 Å². The molecule has 0 aliphatic rings. The molecule has 0 bridgehead atoms. The summed E-state index contributed by atoms with van der Waals surface area (Å²) < 4.78 is 16.5. The minimum atomic E-state index is -0.313. The Hall–Kier alpha value is -3.28. The van der Waals surface area contributed by atoms with Crippen LogP contribution >= 0.6 is 0 Å². The Labute approximate surface area is 170 Å². The van der Waals surface area contributed by atoms with Crippen molar-refractivity contribution < 1.29 is 18.7 Å². The number of carbonyl (C=O) groups excluding carboxylic acids is 1. The molecular formula is C23H26N2O4. The predicted molar refractivity (Wildman–Crippen MR) is 113 cm³/mol. The van der Waals surface area contributed by atoms with Gasteiger partial charge < -0.3 is 19.2 Å². The van der Waals surface area contributed by atoms with Crippen LogP contribution < -0.4 is 14.8 Å². The molecule has 1 amide bonds. The number of benzene rings is 2. The fraction of sp³-hybridized carbons (Fsp3) is 0.304. The summed E-state index contributed by atoms with van der Waals surface area (Å²) in [7, 11) is 3.18. The Morgan fingerprint density at radius 2 is 1.97 bits per heavy atom. The summed E-state index contributed by atoms with van der Waals surface area (Å²) in [4.78, 5) is 17.2. The van der Waals surface area contributed by atoms with Crippen molar-refractivity contribution in [1.29, 1.82) is 0 Å². The smallest absolute Gasteiger partial charge is 0.244 e. The molecule has 0 aliphatic heterocycles. The van der Waals surface area contributed by atoms with Gasteiger partial charge in [-0.2, -0.15) is 0 Å². The summed E-state index contributed by atoms with van der Waals surface area (Å²) in [5.74, 6) is 1.99. The van der Waals surface area contributed by atoms with E-state index in [1.54, 1.807) is 26.4 Å². The first-order chi connectivity index (χ1) is 14.0. The number of ether oxygens (including phenoxy) is 2. The van der Waals surface area contributed by atoms with Crippen LogP contribution in [-0.4, -0.2) is 25.1 Å². The minimum Gasteiger partial charge on any atom is -0.497 e. The first-order valence-electron chi connectivity index (χ1n) is 9.56. The molecule has 0 spiro atoms. The number of para-hydroxylation sites is 2. The topological polar surface area (TPSA) is 73.6 Å². The summed E-state index contributed by atoms with van der Waals surface area (Å²) in [5.41, 5.74) is 2.24. The molecule has 1 aromatic heterocycles. The molecule has 6 heteroatoms. The lowest BCUT2D eigenvalue weighted by Crippen LogP contribution is -2.28. The molecule has 0 saturated carbocycles. The molecule has 1 N–H and O–H groups in total. The van der Waals surface area contributed by atoms with Gasteiger partial charge >= 0.3 is 0 Å². The van der Waals surface area contributed by atoms with Crippen LogP contribution in [0.3, 0.4) is 0 Å². The maximum Gasteiger partial charge on any atom is 0.244 e. The second-order valence-electron chi connectivity index (χ2n) is 7.15. The van der Waals surface area contributed by atoms with Gasteiger partial charge in [-0.15, -0.1) is 0 Å². The van der Waals surface area contributed by atoms with Crippen LogP contribution in [-0.2, 0) is 4.79 Å². The van der Waals surface area contributed by atoms with Crippen molar-refractivity contribution >= 4 is 23.1 Å². The van der Waals surface area contributed by atoms with Crippen molar-refractivity contribution in [3.05, 3.63) is 60.0 Å². The molecule has 0 aliphatic carbocycles. The zero-order chi connectivity index (χ0) is 20.8. The van der Waals surface area contributed by atoms with E-state index in [2.05, 4.69) is 24.1 Å². The van der Waals surface area contributed by atoms with Gasteiger partial charge in [0.25, 0.3) is 0 Å². The molecule has 0 radical (unpaired) electrons. The van der Waals surface area contributed by atoms with Gasteiger partial charge in [-0.3, -0.25) is 4.79 Å². The van der Waals surface area contributed by atoms with E-state index in [-0.39, 0.29) is 11.9 Å². The number of nitrogens with one attached hydrogen (secondary N) is 1. The lowest BCUT2D eigenvalue weighted by atomic mass is 10.0. The maximum absolute atomic E-state index is 12.6. The Bertz CT molecular complexity index is 974. The van der Waals surface area contributed by atoms with E-state index in [9.17, 15) is 4.79 Å². The predicted octanol–water partition coefficient (Wildman–Crippen LogP) is 4.76. The highest BCUT2D eigenvalue weighted by Gasteiger charge is 2.21. The number of nitrogens with zero attached hydrogens (tertiary/aromatic N) is 1. The largest absolute Gasteiger partial charge is 0.497 e. The molecular weight excluding hydrogens is 368 g/mol. The Morgan fingerprint density at radius 3 is 2.66 bits per heavy atom. The third-order valence-corrected chi connectivity index (χ3v) is 4.48. The van der Waals surface area contributed by atoms with Crippen LogP contribution in [0.5, 0.6) is 11.5 Å². The molecule has 6 nitrogen and oxygen atoms in total. The van der Waals surface area contributed by atoms with Crippen molar-refractivity contribution in [2.45, 2.75) is 26.3 Å². The standard InChI is InChI=1S/C23H26N2O4/c1-15(2)13-19(23-25-18-7-5-6-8-21(18)29-23)24-22(26)12-9-16-14-17(27-3)10-11-20(16)28-4/h5-12,14-15,19H,13H2,1-4H3,(H,24,26)/b12-9+/t19-/m1/s1. The average molecular weight is 394 g/mol.